The highest BCUT2D eigenvalue weighted by Gasteiger charge is 2.21. The van der Waals surface area contributed by atoms with Crippen molar-refractivity contribution in [3.8, 4) is 0 Å². The minimum atomic E-state index is 0.340. The Morgan fingerprint density at radius 3 is 2.44 bits per heavy atom. The average Bonchev–Trinajstić information content (AvgIpc) is 2.46. The van der Waals surface area contributed by atoms with E-state index in [0.717, 1.165) is 32.5 Å². The monoisotopic (exact) mass is 248 g/mol. The Morgan fingerprint density at radius 1 is 1.22 bits per heavy atom. The first kappa shape index (κ1) is 13.5. The second-order valence-electron chi connectivity index (χ2n) is 5.27. The predicted molar refractivity (Wildman–Crippen MR) is 74.5 cm³/mol. The van der Waals surface area contributed by atoms with Crippen LogP contribution in [-0.2, 0) is 0 Å². The summed E-state index contributed by atoms with van der Waals surface area (Å²) in [6.07, 6.45) is 2.23. The lowest BCUT2D eigenvalue weighted by Crippen LogP contribution is -2.38. The minimum Gasteiger partial charge on any atom is -0.396 e. The third-order valence-corrected chi connectivity index (χ3v) is 4.00. The summed E-state index contributed by atoms with van der Waals surface area (Å²) in [6.45, 7) is 4.26. The fraction of sp³-hybridized carbons (Fsp3) is 0.600. The molecule has 0 bridgehead atoms. The molecule has 3 N–H and O–H groups in total. The molecule has 1 aliphatic rings. The Hall–Kier alpha value is -0.900. The van der Waals surface area contributed by atoms with Crippen LogP contribution in [0.1, 0.15) is 24.3 Å². The molecule has 0 aromatic heterocycles. The number of nitrogens with zero attached hydrogens (tertiary/aromatic N) is 1. The maximum atomic E-state index is 9.14. The standard InChI is InChI=1S/C15H24N2O/c16-10-15(14-4-2-1-3-5-14)11-17-8-6-13(12-18)7-9-17/h1-5,13,15,18H,6-12,16H2. The van der Waals surface area contributed by atoms with E-state index in [4.69, 9.17) is 10.8 Å². The minimum absolute atomic E-state index is 0.340. The third-order valence-electron chi connectivity index (χ3n) is 4.00. The van der Waals surface area contributed by atoms with E-state index in [1.807, 2.05) is 6.07 Å². The number of aliphatic hydroxyl groups excluding tert-OH is 1. The summed E-state index contributed by atoms with van der Waals surface area (Å²) in [5.74, 6) is 0.936. The van der Waals surface area contributed by atoms with E-state index >= 15 is 0 Å². The maximum Gasteiger partial charge on any atom is 0.0460 e. The Balaban J connectivity index is 1.88. The van der Waals surface area contributed by atoms with E-state index in [0.29, 0.717) is 25.0 Å². The van der Waals surface area contributed by atoms with Crippen LogP contribution in [-0.4, -0.2) is 42.8 Å². The normalized spacial score (nSPS) is 19.9. The molecular formula is C15H24N2O. The molecule has 1 aromatic carbocycles. The number of hydrogen-bond donors (Lipinski definition) is 2. The van der Waals surface area contributed by atoms with Crippen molar-refractivity contribution >= 4 is 0 Å². The SMILES string of the molecule is NCC(CN1CCC(CO)CC1)c1ccccc1. The predicted octanol–water partition coefficient (Wildman–Crippen LogP) is 1.43. The molecular weight excluding hydrogens is 224 g/mol. The number of rotatable bonds is 5. The van der Waals surface area contributed by atoms with Crippen LogP contribution in [0, 0.1) is 5.92 Å². The van der Waals surface area contributed by atoms with Crippen LogP contribution in [0.3, 0.4) is 0 Å². The molecule has 0 radical (unpaired) electrons. The molecule has 1 unspecified atom stereocenters. The van der Waals surface area contributed by atoms with Gasteiger partial charge in [0.2, 0.25) is 0 Å². The van der Waals surface area contributed by atoms with E-state index < -0.39 is 0 Å². The largest absolute Gasteiger partial charge is 0.396 e. The molecule has 18 heavy (non-hydrogen) atoms. The summed E-state index contributed by atoms with van der Waals surface area (Å²) >= 11 is 0. The second kappa shape index (κ2) is 6.88. The van der Waals surface area contributed by atoms with Crippen molar-refractivity contribution in [3.05, 3.63) is 35.9 Å². The molecule has 3 heteroatoms. The zero-order valence-electron chi connectivity index (χ0n) is 11.0. The summed E-state index contributed by atoms with van der Waals surface area (Å²) in [5, 5.41) is 9.14. The quantitative estimate of drug-likeness (QED) is 0.829. The van der Waals surface area contributed by atoms with Crippen molar-refractivity contribution in [1.82, 2.24) is 4.90 Å². The van der Waals surface area contributed by atoms with Gasteiger partial charge in [0.15, 0.2) is 0 Å². The first-order valence-electron chi connectivity index (χ1n) is 6.91. The van der Waals surface area contributed by atoms with E-state index in [2.05, 4.69) is 29.2 Å². The van der Waals surface area contributed by atoms with E-state index in [1.165, 1.54) is 5.56 Å². The van der Waals surface area contributed by atoms with Crippen LogP contribution < -0.4 is 5.73 Å². The van der Waals surface area contributed by atoms with E-state index in [-0.39, 0.29) is 0 Å². The van der Waals surface area contributed by atoms with Gasteiger partial charge in [-0.15, -0.1) is 0 Å². The number of nitrogens with two attached hydrogens (primary N) is 1. The zero-order valence-corrected chi connectivity index (χ0v) is 11.0. The highest BCUT2D eigenvalue weighted by atomic mass is 16.3. The molecule has 1 fully saturated rings. The summed E-state index contributed by atoms with van der Waals surface area (Å²) < 4.78 is 0. The number of benzene rings is 1. The molecule has 1 atom stereocenters. The van der Waals surface area contributed by atoms with Crippen molar-refractivity contribution in [2.45, 2.75) is 18.8 Å². The summed E-state index contributed by atoms with van der Waals surface area (Å²) in [4.78, 5) is 2.48. The van der Waals surface area contributed by atoms with Gasteiger partial charge >= 0.3 is 0 Å². The zero-order chi connectivity index (χ0) is 12.8. The van der Waals surface area contributed by atoms with Crippen LogP contribution in [0.5, 0.6) is 0 Å². The number of hydrogen-bond acceptors (Lipinski definition) is 3. The molecule has 100 valence electrons. The van der Waals surface area contributed by atoms with Gasteiger partial charge in [0.1, 0.15) is 0 Å². The lowest BCUT2D eigenvalue weighted by molar-refractivity contribution is 0.127. The molecule has 1 heterocycles. The molecule has 0 amide bonds. The van der Waals surface area contributed by atoms with Gasteiger partial charge in [0.25, 0.3) is 0 Å². The Morgan fingerprint density at radius 2 is 1.89 bits per heavy atom. The Bertz CT molecular complexity index is 334. The van der Waals surface area contributed by atoms with Crippen LogP contribution in [0.25, 0.3) is 0 Å². The van der Waals surface area contributed by atoms with Gasteiger partial charge in [-0.25, -0.2) is 0 Å². The number of aliphatic hydroxyl groups is 1. The highest BCUT2D eigenvalue weighted by molar-refractivity contribution is 5.20. The molecule has 1 aromatic rings. The van der Waals surface area contributed by atoms with Crippen molar-refractivity contribution in [1.29, 1.82) is 0 Å². The van der Waals surface area contributed by atoms with Gasteiger partial charge in [-0.2, -0.15) is 0 Å². The highest BCUT2D eigenvalue weighted by Crippen LogP contribution is 2.21. The lowest BCUT2D eigenvalue weighted by atomic mass is 9.94. The van der Waals surface area contributed by atoms with Crippen LogP contribution in [0.4, 0.5) is 0 Å². The van der Waals surface area contributed by atoms with Crippen LogP contribution in [0.15, 0.2) is 30.3 Å². The van der Waals surface area contributed by atoms with Crippen molar-refractivity contribution in [2.75, 3.05) is 32.8 Å². The Labute approximate surface area is 110 Å². The number of piperidine rings is 1. The summed E-state index contributed by atoms with van der Waals surface area (Å²) in [6, 6.07) is 10.5. The van der Waals surface area contributed by atoms with E-state index in [1.54, 1.807) is 0 Å². The summed E-state index contributed by atoms with van der Waals surface area (Å²) in [5.41, 5.74) is 7.25. The topological polar surface area (TPSA) is 49.5 Å². The average molecular weight is 248 g/mol. The lowest BCUT2D eigenvalue weighted by Gasteiger charge is -2.33. The molecule has 0 aliphatic carbocycles. The smallest absolute Gasteiger partial charge is 0.0460 e. The van der Waals surface area contributed by atoms with Crippen LogP contribution >= 0.6 is 0 Å². The van der Waals surface area contributed by atoms with Gasteiger partial charge in [-0.05, 0) is 37.4 Å². The fourth-order valence-corrected chi connectivity index (χ4v) is 2.70. The van der Waals surface area contributed by atoms with Crippen LogP contribution in [0.2, 0.25) is 0 Å². The molecule has 1 aliphatic heterocycles. The molecule has 1 saturated heterocycles. The van der Waals surface area contributed by atoms with Gasteiger partial charge in [0, 0.05) is 25.6 Å². The van der Waals surface area contributed by atoms with E-state index in [9.17, 15) is 0 Å². The molecule has 3 nitrogen and oxygen atoms in total. The second-order valence-corrected chi connectivity index (χ2v) is 5.27. The Kier molecular flexibility index (Phi) is 5.17. The van der Waals surface area contributed by atoms with Gasteiger partial charge in [0.05, 0.1) is 0 Å². The first-order valence-corrected chi connectivity index (χ1v) is 6.91. The van der Waals surface area contributed by atoms with Crippen molar-refractivity contribution in [3.63, 3.8) is 0 Å². The van der Waals surface area contributed by atoms with Gasteiger partial charge < -0.3 is 15.7 Å². The number of likely N-dealkylation sites (tertiary alicyclic amines) is 1. The fourth-order valence-electron chi connectivity index (χ4n) is 2.70. The molecule has 0 spiro atoms. The van der Waals surface area contributed by atoms with Gasteiger partial charge in [-0.3, -0.25) is 0 Å². The van der Waals surface area contributed by atoms with Gasteiger partial charge in [-0.1, -0.05) is 30.3 Å². The molecule has 2 rings (SSSR count). The first-order chi connectivity index (χ1) is 8.83. The molecule has 0 saturated carbocycles. The van der Waals surface area contributed by atoms with Crippen molar-refractivity contribution < 1.29 is 5.11 Å². The third kappa shape index (κ3) is 3.55. The summed E-state index contributed by atoms with van der Waals surface area (Å²) in [7, 11) is 0. The van der Waals surface area contributed by atoms with Crippen molar-refractivity contribution in [2.24, 2.45) is 11.7 Å². The maximum absolute atomic E-state index is 9.14.